The monoisotopic (exact) mass is 242 g/mol. The quantitative estimate of drug-likeness (QED) is 0.806. The van der Waals surface area contributed by atoms with Crippen molar-refractivity contribution in [2.45, 2.75) is 6.92 Å². The van der Waals surface area contributed by atoms with Gasteiger partial charge < -0.3 is 0 Å². The van der Waals surface area contributed by atoms with Gasteiger partial charge in [-0.3, -0.25) is 15.2 Å². The molecule has 1 aromatic heterocycles. The van der Waals surface area contributed by atoms with E-state index in [9.17, 15) is 9.59 Å². The van der Waals surface area contributed by atoms with Gasteiger partial charge in [0.2, 0.25) is 0 Å². The highest BCUT2D eigenvalue weighted by molar-refractivity contribution is 5.45. The summed E-state index contributed by atoms with van der Waals surface area (Å²) < 4.78 is 1.06. The SMILES string of the molecule is Cc1cccc(Nn2cc(C#N)c(=O)[nH]c2=O)c1. The first-order valence-electron chi connectivity index (χ1n) is 5.20. The van der Waals surface area contributed by atoms with E-state index in [1.165, 1.54) is 6.20 Å². The van der Waals surface area contributed by atoms with E-state index in [-0.39, 0.29) is 5.56 Å². The van der Waals surface area contributed by atoms with Crippen LogP contribution >= 0.6 is 0 Å². The van der Waals surface area contributed by atoms with E-state index < -0.39 is 11.2 Å². The van der Waals surface area contributed by atoms with Crippen LogP contribution in [0.4, 0.5) is 5.69 Å². The Morgan fingerprint density at radius 3 is 2.83 bits per heavy atom. The zero-order valence-electron chi connectivity index (χ0n) is 9.60. The van der Waals surface area contributed by atoms with E-state index in [1.807, 2.05) is 25.1 Å². The van der Waals surface area contributed by atoms with Crippen molar-refractivity contribution < 1.29 is 0 Å². The third kappa shape index (κ3) is 2.30. The van der Waals surface area contributed by atoms with Gasteiger partial charge in [-0.1, -0.05) is 12.1 Å². The summed E-state index contributed by atoms with van der Waals surface area (Å²) in [5.74, 6) is 0. The lowest BCUT2D eigenvalue weighted by atomic mass is 10.2. The zero-order valence-corrected chi connectivity index (χ0v) is 9.60. The van der Waals surface area contributed by atoms with Crippen molar-refractivity contribution in [3.63, 3.8) is 0 Å². The van der Waals surface area contributed by atoms with Crippen molar-refractivity contribution in [2.75, 3.05) is 5.43 Å². The molecule has 2 N–H and O–H groups in total. The predicted molar refractivity (Wildman–Crippen MR) is 66.2 cm³/mol. The molecule has 1 aromatic carbocycles. The molecule has 0 saturated carbocycles. The summed E-state index contributed by atoms with van der Waals surface area (Å²) in [6.45, 7) is 1.92. The van der Waals surface area contributed by atoms with Crippen molar-refractivity contribution in [1.29, 1.82) is 5.26 Å². The molecule has 6 heteroatoms. The summed E-state index contributed by atoms with van der Waals surface area (Å²) >= 11 is 0. The molecular formula is C12H10N4O2. The van der Waals surface area contributed by atoms with Gasteiger partial charge >= 0.3 is 5.69 Å². The fourth-order valence-corrected chi connectivity index (χ4v) is 1.49. The van der Waals surface area contributed by atoms with Crippen LogP contribution in [-0.4, -0.2) is 9.66 Å². The van der Waals surface area contributed by atoms with Gasteiger partial charge in [-0.2, -0.15) is 5.26 Å². The van der Waals surface area contributed by atoms with Gasteiger partial charge in [-0.15, -0.1) is 0 Å². The molecule has 0 bridgehead atoms. The molecule has 2 aromatic rings. The van der Waals surface area contributed by atoms with Crippen LogP contribution in [0.25, 0.3) is 0 Å². The largest absolute Gasteiger partial charge is 0.347 e. The van der Waals surface area contributed by atoms with E-state index >= 15 is 0 Å². The average molecular weight is 242 g/mol. The van der Waals surface area contributed by atoms with Gasteiger partial charge in [0.1, 0.15) is 11.6 Å². The molecule has 6 nitrogen and oxygen atoms in total. The topological polar surface area (TPSA) is 90.7 Å². The fourth-order valence-electron chi connectivity index (χ4n) is 1.49. The van der Waals surface area contributed by atoms with Crippen LogP contribution in [0, 0.1) is 18.3 Å². The van der Waals surface area contributed by atoms with E-state index in [1.54, 1.807) is 12.1 Å². The normalized spacial score (nSPS) is 9.78. The number of benzene rings is 1. The number of nitriles is 1. The number of nitrogens with zero attached hydrogens (tertiary/aromatic N) is 2. The fraction of sp³-hybridized carbons (Fsp3) is 0.0833. The molecular weight excluding hydrogens is 232 g/mol. The second-order valence-corrected chi connectivity index (χ2v) is 3.77. The molecule has 0 fully saturated rings. The summed E-state index contributed by atoms with van der Waals surface area (Å²) in [4.78, 5) is 24.8. The summed E-state index contributed by atoms with van der Waals surface area (Å²) in [5.41, 5.74) is 3.07. The van der Waals surface area contributed by atoms with Gasteiger partial charge in [0.25, 0.3) is 5.56 Å². The molecule has 0 amide bonds. The number of H-pyrrole nitrogens is 1. The average Bonchev–Trinajstić information content (AvgIpc) is 2.33. The lowest BCUT2D eigenvalue weighted by Crippen LogP contribution is -2.34. The Hall–Kier alpha value is -2.81. The minimum atomic E-state index is -0.690. The van der Waals surface area contributed by atoms with E-state index in [0.29, 0.717) is 5.69 Å². The second-order valence-electron chi connectivity index (χ2n) is 3.77. The molecule has 0 aliphatic heterocycles. The minimum Gasteiger partial charge on any atom is -0.290 e. The van der Waals surface area contributed by atoms with Gasteiger partial charge in [0, 0.05) is 0 Å². The van der Waals surface area contributed by atoms with Gasteiger partial charge in [-0.05, 0) is 24.6 Å². The van der Waals surface area contributed by atoms with E-state index in [2.05, 4.69) is 10.4 Å². The molecule has 1 heterocycles. The summed E-state index contributed by atoms with van der Waals surface area (Å²) in [5, 5.41) is 8.73. The summed E-state index contributed by atoms with van der Waals surface area (Å²) in [6.07, 6.45) is 1.17. The first-order chi connectivity index (χ1) is 8.60. The molecule has 2 rings (SSSR count). The van der Waals surface area contributed by atoms with Gasteiger partial charge in [0.05, 0.1) is 11.9 Å². The molecule has 0 atom stereocenters. The smallest absolute Gasteiger partial charge is 0.290 e. The van der Waals surface area contributed by atoms with Gasteiger partial charge in [0.15, 0.2) is 0 Å². The number of rotatable bonds is 2. The van der Waals surface area contributed by atoms with Crippen LogP contribution in [0.1, 0.15) is 11.1 Å². The second kappa shape index (κ2) is 4.59. The van der Waals surface area contributed by atoms with Crippen LogP contribution in [-0.2, 0) is 0 Å². The Bertz CT molecular complexity index is 737. The first-order valence-corrected chi connectivity index (χ1v) is 5.20. The molecule has 0 unspecified atom stereocenters. The van der Waals surface area contributed by atoms with Crippen LogP contribution in [0.5, 0.6) is 0 Å². The number of hydrogen-bond acceptors (Lipinski definition) is 4. The summed E-state index contributed by atoms with van der Waals surface area (Å²) in [6, 6.07) is 9.08. The number of aromatic nitrogens is 2. The molecule has 0 aliphatic rings. The zero-order chi connectivity index (χ0) is 13.1. The van der Waals surface area contributed by atoms with E-state index in [0.717, 1.165) is 10.2 Å². The maximum absolute atomic E-state index is 11.5. The number of aromatic amines is 1. The predicted octanol–water partition coefficient (Wildman–Crippen LogP) is 0.592. The number of hydrogen-bond donors (Lipinski definition) is 2. The van der Waals surface area contributed by atoms with Crippen molar-refractivity contribution in [3.05, 3.63) is 62.4 Å². The first kappa shape index (κ1) is 11.7. The van der Waals surface area contributed by atoms with Crippen LogP contribution < -0.4 is 16.7 Å². The van der Waals surface area contributed by atoms with Crippen molar-refractivity contribution in [3.8, 4) is 6.07 Å². The van der Waals surface area contributed by atoms with Crippen molar-refractivity contribution in [1.82, 2.24) is 9.66 Å². The van der Waals surface area contributed by atoms with Crippen LogP contribution in [0.2, 0.25) is 0 Å². The Kier molecular flexibility index (Phi) is 2.98. The van der Waals surface area contributed by atoms with Gasteiger partial charge in [-0.25, -0.2) is 9.47 Å². The number of aryl methyl sites for hydroxylation is 1. The standard InChI is InChI=1S/C12H10N4O2/c1-8-3-2-4-10(5-8)15-16-7-9(6-13)11(17)14-12(16)18/h2-5,7,15H,1H3,(H,14,17,18). The van der Waals surface area contributed by atoms with Crippen molar-refractivity contribution in [2.24, 2.45) is 0 Å². The molecule has 0 aliphatic carbocycles. The van der Waals surface area contributed by atoms with E-state index in [4.69, 9.17) is 5.26 Å². The summed E-state index contributed by atoms with van der Waals surface area (Å²) in [7, 11) is 0. The number of nitrogens with one attached hydrogen (secondary N) is 2. The molecule has 0 saturated heterocycles. The number of anilines is 1. The third-order valence-electron chi connectivity index (χ3n) is 2.33. The lowest BCUT2D eigenvalue weighted by molar-refractivity contribution is 0.826. The van der Waals surface area contributed by atoms with Crippen LogP contribution in [0.3, 0.4) is 0 Å². The molecule has 90 valence electrons. The highest BCUT2D eigenvalue weighted by Crippen LogP contribution is 2.08. The highest BCUT2D eigenvalue weighted by Gasteiger charge is 2.03. The Balaban J connectivity index is 2.44. The maximum Gasteiger partial charge on any atom is 0.347 e. The molecule has 0 radical (unpaired) electrons. The lowest BCUT2D eigenvalue weighted by Gasteiger charge is -2.09. The molecule has 18 heavy (non-hydrogen) atoms. The highest BCUT2D eigenvalue weighted by atomic mass is 16.2. The maximum atomic E-state index is 11.5. The molecule has 0 spiro atoms. The third-order valence-corrected chi connectivity index (χ3v) is 2.33. The Morgan fingerprint density at radius 2 is 2.17 bits per heavy atom. The minimum absolute atomic E-state index is 0.130. The van der Waals surface area contributed by atoms with Crippen LogP contribution in [0.15, 0.2) is 40.1 Å². The Labute approximate surface area is 102 Å². The van der Waals surface area contributed by atoms with Crippen molar-refractivity contribution >= 4 is 5.69 Å². The Morgan fingerprint density at radius 1 is 1.39 bits per heavy atom.